The Morgan fingerprint density at radius 2 is 1.80 bits per heavy atom. The van der Waals surface area contributed by atoms with E-state index in [1.807, 2.05) is 6.33 Å². The quantitative estimate of drug-likeness (QED) is 0.855. The minimum atomic E-state index is 0.721. The fourth-order valence-corrected chi connectivity index (χ4v) is 4.60. The molecule has 0 N–H and O–H groups in total. The lowest BCUT2D eigenvalue weighted by atomic mass is 10.0. The van der Waals surface area contributed by atoms with Crippen LogP contribution in [0.25, 0.3) is 0 Å². The van der Waals surface area contributed by atoms with E-state index in [1.165, 1.54) is 37.2 Å². The third kappa shape index (κ3) is 2.72. The second-order valence-corrected chi connectivity index (χ2v) is 8.05. The van der Waals surface area contributed by atoms with E-state index in [0.717, 1.165) is 49.0 Å². The molecule has 0 spiro atoms. The van der Waals surface area contributed by atoms with Gasteiger partial charge in [0.25, 0.3) is 0 Å². The molecule has 2 aromatic rings. The van der Waals surface area contributed by atoms with Crippen LogP contribution in [-0.2, 0) is 6.54 Å². The summed E-state index contributed by atoms with van der Waals surface area (Å²) in [5, 5.41) is 0. The van der Waals surface area contributed by atoms with E-state index >= 15 is 0 Å². The molecule has 0 bridgehead atoms. The Kier molecular flexibility index (Phi) is 3.55. The molecule has 3 fully saturated rings. The first-order chi connectivity index (χ1) is 12.2. The van der Waals surface area contributed by atoms with Crippen molar-refractivity contribution in [1.82, 2.24) is 24.4 Å². The van der Waals surface area contributed by atoms with E-state index in [-0.39, 0.29) is 0 Å². The zero-order valence-corrected chi connectivity index (χ0v) is 15.1. The van der Waals surface area contributed by atoms with E-state index in [4.69, 9.17) is 0 Å². The van der Waals surface area contributed by atoms with Gasteiger partial charge in [0.2, 0.25) is 0 Å². The lowest BCUT2D eigenvalue weighted by molar-refractivity contribution is 0.300. The van der Waals surface area contributed by atoms with E-state index in [1.54, 1.807) is 6.33 Å². The summed E-state index contributed by atoms with van der Waals surface area (Å²) in [6.45, 7) is 9.91. The molecule has 6 heteroatoms. The average Bonchev–Trinajstić information content (AvgIpc) is 3.02. The first-order valence-electron chi connectivity index (χ1n) is 9.45. The normalized spacial score (nSPS) is 26.4. The number of imidazole rings is 1. The predicted octanol–water partition coefficient (Wildman–Crippen LogP) is 2.19. The number of hydrogen-bond donors (Lipinski definition) is 0. The van der Waals surface area contributed by atoms with Crippen molar-refractivity contribution in [3.05, 3.63) is 35.8 Å². The van der Waals surface area contributed by atoms with E-state index in [2.05, 4.69) is 49.4 Å². The summed E-state index contributed by atoms with van der Waals surface area (Å²) in [5.41, 5.74) is 3.71. The van der Waals surface area contributed by atoms with Crippen molar-refractivity contribution in [2.75, 3.05) is 31.1 Å². The largest absolute Gasteiger partial charge is 0.356 e. The molecule has 0 amide bonds. The smallest absolute Gasteiger partial charge is 0.135 e. The Hall–Kier alpha value is -1.95. The highest BCUT2D eigenvalue weighted by Crippen LogP contribution is 2.38. The second-order valence-electron chi connectivity index (χ2n) is 8.05. The monoisotopic (exact) mass is 338 g/mol. The lowest BCUT2D eigenvalue weighted by Crippen LogP contribution is -2.30. The maximum absolute atomic E-state index is 4.56. The molecule has 25 heavy (non-hydrogen) atoms. The van der Waals surface area contributed by atoms with Gasteiger partial charge >= 0.3 is 0 Å². The Balaban J connectivity index is 1.24. The van der Waals surface area contributed by atoms with Crippen molar-refractivity contribution in [1.29, 1.82) is 0 Å². The van der Waals surface area contributed by atoms with Gasteiger partial charge in [0.1, 0.15) is 12.1 Å². The SMILES string of the molecule is Cc1ncnc(N2CC3CN(Cc4cncn4C4CC4)CC3C2)c1C. The number of rotatable bonds is 4. The molecule has 2 saturated heterocycles. The van der Waals surface area contributed by atoms with Crippen LogP contribution in [0.3, 0.4) is 0 Å². The highest BCUT2D eigenvalue weighted by molar-refractivity contribution is 5.48. The van der Waals surface area contributed by atoms with Gasteiger partial charge in [-0.25, -0.2) is 15.0 Å². The zero-order valence-electron chi connectivity index (χ0n) is 15.1. The van der Waals surface area contributed by atoms with Crippen LogP contribution in [-0.4, -0.2) is 50.6 Å². The fourth-order valence-electron chi connectivity index (χ4n) is 4.60. The third-order valence-electron chi connectivity index (χ3n) is 6.24. The molecule has 2 aromatic heterocycles. The van der Waals surface area contributed by atoms with Crippen LogP contribution < -0.4 is 4.90 Å². The van der Waals surface area contributed by atoms with Gasteiger partial charge in [0.15, 0.2) is 0 Å². The topological polar surface area (TPSA) is 50.1 Å². The standard InChI is InChI=1S/C19H26N6/c1-13-14(2)21-11-22-19(13)24-8-15-6-23(7-16(15)9-24)10-18-5-20-12-25(18)17-3-4-17/h5,11-12,15-17H,3-4,6-10H2,1-2H3. The molecule has 2 aliphatic heterocycles. The van der Waals surface area contributed by atoms with E-state index in [0.29, 0.717) is 0 Å². The summed E-state index contributed by atoms with van der Waals surface area (Å²) in [5.74, 6) is 2.65. The first kappa shape index (κ1) is 15.3. The molecule has 3 aliphatic rings. The molecular weight excluding hydrogens is 312 g/mol. The van der Waals surface area contributed by atoms with Gasteiger partial charge < -0.3 is 9.47 Å². The summed E-state index contributed by atoms with van der Waals surface area (Å²) in [6.07, 6.45) is 8.43. The van der Waals surface area contributed by atoms with Crippen LogP contribution in [0.5, 0.6) is 0 Å². The van der Waals surface area contributed by atoms with Crippen LogP contribution >= 0.6 is 0 Å². The van der Waals surface area contributed by atoms with Crippen molar-refractivity contribution in [3.8, 4) is 0 Å². The third-order valence-corrected chi connectivity index (χ3v) is 6.24. The van der Waals surface area contributed by atoms with Crippen molar-refractivity contribution in [3.63, 3.8) is 0 Å². The van der Waals surface area contributed by atoms with E-state index in [9.17, 15) is 0 Å². The Morgan fingerprint density at radius 3 is 2.52 bits per heavy atom. The van der Waals surface area contributed by atoms with Crippen molar-refractivity contribution >= 4 is 5.82 Å². The molecule has 4 heterocycles. The molecule has 1 saturated carbocycles. The Labute approximate surface area is 148 Å². The Morgan fingerprint density at radius 1 is 1.04 bits per heavy atom. The molecule has 6 nitrogen and oxygen atoms in total. The van der Waals surface area contributed by atoms with Crippen LogP contribution in [0.4, 0.5) is 5.82 Å². The van der Waals surface area contributed by atoms with E-state index < -0.39 is 0 Å². The highest BCUT2D eigenvalue weighted by Gasteiger charge is 2.41. The average molecular weight is 338 g/mol. The minimum absolute atomic E-state index is 0.721. The summed E-state index contributed by atoms with van der Waals surface area (Å²) < 4.78 is 2.40. The summed E-state index contributed by atoms with van der Waals surface area (Å²) in [6, 6.07) is 0.721. The van der Waals surface area contributed by atoms with Crippen LogP contribution in [0.1, 0.15) is 35.8 Å². The van der Waals surface area contributed by atoms with Crippen LogP contribution in [0.2, 0.25) is 0 Å². The number of aryl methyl sites for hydroxylation is 1. The van der Waals surface area contributed by atoms with Crippen molar-refractivity contribution in [2.45, 2.75) is 39.3 Å². The maximum atomic E-state index is 4.56. The lowest BCUT2D eigenvalue weighted by Gasteiger charge is -2.24. The molecule has 1 aliphatic carbocycles. The predicted molar refractivity (Wildman–Crippen MR) is 96.5 cm³/mol. The molecule has 2 atom stereocenters. The van der Waals surface area contributed by atoms with Gasteiger partial charge in [-0.3, -0.25) is 4.90 Å². The molecule has 132 valence electrons. The van der Waals surface area contributed by atoms with Crippen molar-refractivity contribution < 1.29 is 0 Å². The summed E-state index contributed by atoms with van der Waals surface area (Å²) in [4.78, 5) is 18.3. The number of likely N-dealkylation sites (tertiary alicyclic amines) is 1. The Bertz CT molecular complexity index is 766. The second kappa shape index (κ2) is 5.80. The molecule has 0 radical (unpaired) electrons. The number of anilines is 1. The van der Waals surface area contributed by atoms with Crippen LogP contribution in [0, 0.1) is 25.7 Å². The van der Waals surface area contributed by atoms with Gasteiger partial charge in [-0.2, -0.15) is 0 Å². The van der Waals surface area contributed by atoms with Gasteiger partial charge in [-0.05, 0) is 38.5 Å². The maximum Gasteiger partial charge on any atom is 0.135 e. The highest BCUT2D eigenvalue weighted by atomic mass is 15.3. The molecular formula is C19H26N6. The van der Waals surface area contributed by atoms with Gasteiger partial charge in [0, 0.05) is 56.2 Å². The van der Waals surface area contributed by atoms with Gasteiger partial charge in [-0.15, -0.1) is 0 Å². The first-order valence-corrected chi connectivity index (χ1v) is 9.45. The molecule has 2 unspecified atom stereocenters. The minimum Gasteiger partial charge on any atom is -0.356 e. The fraction of sp³-hybridized carbons (Fsp3) is 0.632. The van der Waals surface area contributed by atoms with Gasteiger partial charge in [0.05, 0.1) is 12.0 Å². The zero-order chi connectivity index (χ0) is 17.0. The number of aromatic nitrogens is 4. The molecule has 5 rings (SSSR count). The van der Waals surface area contributed by atoms with Crippen molar-refractivity contribution in [2.24, 2.45) is 11.8 Å². The molecule has 0 aromatic carbocycles. The summed E-state index contributed by atoms with van der Waals surface area (Å²) >= 11 is 0. The summed E-state index contributed by atoms with van der Waals surface area (Å²) in [7, 11) is 0. The van der Waals surface area contributed by atoms with Crippen LogP contribution in [0.15, 0.2) is 18.9 Å². The van der Waals surface area contributed by atoms with Gasteiger partial charge in [-0.1, -0.05) is 0 Å². The number of nitrogens with zero attached hydrogens (tertiary/aromatic N) is 6. The number of fused-ring (bicyclic) bond motifs is 1. The number of hydrogen-bond acceptors (Lipinski definition) is 5.